The van der Waals surface area contributed by atoms with Gasteiger partial charge in [-0.3, -0.25) is 9.69 Å². The Labute approximate surface area is 136 Å². The summed E-state index contributed by atoms with van der Waals surface area (Å²) in [4.78, 5) is 23.4. The first-order valence-corrected chi connectivity index (χ1v) is 8.84. The molecule has 0 unspecified atom stereocenters. The quantitative estimate of drug-likeness (QED) is 0.902. The highest BCUT2D eigenvalue weighted by Crippen LogP contribution is 2.25. The Morgan fingerprint density at radius 3 is 3.05 bits per heavy atom. The molecule has 0 atom stereocenters. The van der Waals surface area contributed by atoms with Crippen LogP contribution >= 0.6 is 27.3 Å². The predicted molar refractivity (Wildman–Crippen MR) is 88.7 cm³/mol. The largest absolute Gasteiger partial charge is 0.310 e. The molecular formula is C15H18BrN3OS. The van der Waals surface area contributed by atoms with Crippen molar-refractivity contribution in [2.24, 2.45) is 0 Å². The minimum Gasteiger partial charge on any atom is -0.310 e. The second-order valence-electron chi connectivity index (χ2n) is 5.35. The third kappa shape index (κ3) is 3.44. The van der Waals surface area contributed by atoms with E-state index in [1.165, 1.54) is 4.88 Å². The Bertz CT molecular complexity index is 694. The van der Waals surface area contributed by atoms with E-state index in [0.717, 1.165) is 53.2 Å². The number of aryl methyl sites for hydroxylation is 1. The normalized spacial score (nSPS) is 15.1. The van der Waals surface area contributed by atoms with Gasteiger partial charge in [-0.2, -0.15) is 0 Å². The van der Waals surface area contributed by atoms with Crippen LogP contribution in [0.25, 0.3) is 0 Å². The monoisotopic (exact) mass is 367 g/mol. The summed E-state index contributed by atoms with van der Waals surface area (Å²) in [6, 6.07) is 4.21. The number of nitrogens with one attached hydrogen (secondary N) is 1. The zero-order valence-corrected chi connectivity index (χ0v) is 14.4. The van der Waals surface area contributed by atoms with Crippen LogP contribution in [0, 0.1) is 0 Å². The number of thiophene rings is 1. The average Bonchev–Trinajstić information content (AvgIpc) is 2.85. The van der Waals surface area contributed by atoms with Crippen molar-refractivity contribution in [2.75, 3.05) is 6.54 Å². The standard InChI is InChI=1S/C15H18BrN3OS/c1-2-3-14-17-12-6-7-19(9-11(12)15(20)18-14)8-10-4-5-13(16)21-10/h4-5H,2-3,6-9H2,1H3,(H,17,18,20). The topological polar surface area (TPSA) is 49.0 Å². The maximum absolute atomic E-state index is 12.2. The average molecular weight is 368 g/mol. The van der Waals surface area contributed by atoms with Crippen molar-refractivity contribution in [3.63, 3.8) is 0 Å². The van der Waals surface area contributed by atoms with Gasteiger partial charge in [0, 0.05) is 37.4 Å². The molecule has 0 spiro atoms. The van der Waals surface area contributed by atoms with Crippen molar-refractivity contribution >= 4 is 27.3 Å². The summed E-state index contributed by atoms with van der Waals surface area (Å²) in [7, 11) is 0. The fraction of sp³-hybridized carbons (Fsp3) is 0.467. The minimum absolute atomic E-state index is 0.0421. The smallest absolute Gasteiger partial charge is 0.255 e. The van der Waals surface area contributed by atoms with Gasteiger partial charge < -0.3 is 4.98 Å². The molecule has 1 N–H and O–H groups in total. The molecule has 6 heteroatoms. The zero-order chi connectivity index (χ0) is 14.8. The van der Waals surface area contributed by atoms with E-state index >= 15 is 0 Å². The second kappa shape index (κ2) is 6.42. The van der Waals surface area contributed by atoms with Crippen LogP contribution in [-0.4, -0.2) is 21.4 Å². The highest BCUT2D eigenvalue weighted by Gasteiger charge is 2.21. The van der Waals surface area contributed by atoms with Crippen molar-refractivity contribution in [1.82, 2.24) is 14.9 Å². The Hall–Kier alpha value is -0.980. The van der Waals surface area contributed by atoms with Gasteiger partial charge in [-0.05, 0) is 34.5 Å². The first kappa shape index (κ1) is 14.9. The molecule has 0 aliphatic carbocycles. The molecule has 2 aromatic rings. The van der Waals surface area contributed by atoms with Gasteiger partial charge in [0.1, 0.15) is 5.82 Å². The zero-order valence-electron chi connectivity index (χ0n) is 12.0. The maximum atomic E-state index is 12.2. The summed E-state index contributed by atoms with van der Waals surface area (Å²) in [5, 5.41) is 0. The van der Waals surface area contributed by atoms with Crippen molar-refractivity contribution in [3.05, 3.63) is 48.2 Å². The number of aromatic nitrogens is 2. The SMILES string of the molecule is CCCc1nc2c(c(=O)[nH]1)CN(Cc1ccc(Br)s1)CC2. The summed E-state index contributed by atoms with van der Waals surface area (Å²) in [6.07, 6.45) is 2.71. The molecule has 0 radical (unpaired) electrons. The fourth-order valence-corrected chi connectivity index (χ4v) is 4.21. The van der Waals surface area contributed by atoms with Gasteiger partial charge in [0.2, 0.25) is 0 Å². The van der Waals surface area contributed by atoms with Crippen molar-refractivity contribution < 1.29 is 0 Å². The molecule has 0 aromatic carbocycles. The van der Waals surface area contributed by atoms with Gasteiger partial charge in [-0.15, -0.1) is 11.3 Å². The number of fused-ring (bicyclic) bond motifs is 1. The van der Waals surface area contributed by atoms with Crippen molar-refractivity contribution in [1.29, 1.82) is 0 Å². The first-order chi connectivity index (χ1) is 10.2. The van der Waals surface area contributed by atoms with Crippen LogP contribution in [0.15, 0.2) is 20.7 Å². The van der Waals surface area contributed by atoms with Crippen LogP contribution in [0.3, 0.4) is 0 Å². The molecule has 0 saturated heterocycles. The highest BCUT2D eigenvalue weighted by molar-refractivity contribution is 9.11. The molecule has 1 aliphatic rings. The van der Waals surface area contributed by atoms with E-state index in [1.807, 2.05) is 0 Å². The molecule has 0 amide bonds. The molecule has 0 fully saturated rings. The minimum atomic E-state index is 0.0421. The fourth-order valence-electron chi connectivity index (χ4n) is 2.68. The molecule has 0 bridgehead atoms. The Kier molecular flexibility index (Phi) is 4.57. The molecule has 2 aromatic heterocycles. The summed E-state index contributed by atoms with van der Waals surface area (Å²) < 4.78 is 1.15. The van der Waals surface area contributed by atoms with Crippen molar-refractivity contribution in [2.45, 2.75) is 39.3 Å². The summed E-state index contributed by atoms with van der Waals surface area (Å²) >= 11 is 5.24. The number of H-pyrrole nitrogens is 1. The summed E-state index contributed by atoms with van der Waals surface area (Å²) in [6.45, 7) is 4.65. The number of rotatable bonds is 4. The second-order valence-corrected chi connectivity index (χ2v) is 7.90. The number of aromatic amines is 1. The lowest BCUT2D eigenvalue weighted by molar-refractivity contribution is 0.243. The van der Waals surface area contributed by atoms with E-state index < -0.39 is 0 Å². The molecule has 21 heavy (non-hydrogen) atoms. The van der Waals surface area contributed by atoms with Gasteiger partial charge in [0.15, 0.2) is 0 Å². The van der Waals surface area contributed by atoms with Crippen LogP contribution in [0.2, 0.25) is 0 Å². The lowest BCUT2D eigenvalue weighted by Gasteiger charge is -2.27. The van der Waals surface area contributed by atoms with Crippen molar-refractivity contribution in [3.8, 4) is 0 Å². The molecule has 4 nitrogen and oxygen atoms in total. The Balaban J connectivity index is 1.77. The van der Waals surface area contributed by atoms with Gasteiger partial charge in [-0.25, -0.2) is 4.98 Å². The third-order valence-corrected chi connectivity index (χ3v) is 5.30. The van der Waals surface area contributed by atoms with Gasteiger partial charge in [-0.1, -0.05) is 6.92 Å². The van der Waals surface area contributed by atoms with Gasteiger partial charge in [0.25, 0.3) is 5.56 Å². The molecular weight excluding hydrogens is 350 g/mol. The van der Waals surface area contributed by atoms with E-state index in [1.54, 1.807) is 11.3 Å². The number of nitrogens with zero attached hydrogens (tertiary/aromatic N) is 2. The van der Waals surface area contributed by atoms with E-state index in [9.17, 15) is 4.79 Å². The lowest BCUT2D eigenvalue weighted by Crippen LogP contribution is -2.35. The Morgan fingerprint density at radius 2 is 2.33 bits per heavy atom. The number of halogens is 1. The molecule has 3 rings (SSSR count). The number of hydrogen-bond donors (Lipinski definition) is 1. The van der Waals surface area contributed by atoms with Crippen LogP contribution in [0.1, 0.15) is 35.3 Å². The summed E-state index contributed by atoms with van der Waals surface area (Å²) in [5.41, 5.74) is 1.88. The molecule has 1 aliphatic heterocycles. The number of hydrogen-bond acceptors (Lipinski definition) is 4. The first-order valence-electron chi connectivity index (χ1n) is 7.23. The molecule has 112 valence electrons. The lowest BCUT2D eigenvalue weighted by atomic mass is 10.1. The Morgan fingerprint density at radius 1 is 1.48 bits per heavy atom. The maximum Gasteiger partial charge on any atom is 0.255 e. The summed E-state index contributed by atoms with van der Waals surface area (Å²) in [5.74, 6) is 0.830. The predicted octanol–water partition coefficient (Wildman–Crippen LogP) is 3.10. The van der Waals surface area contributed by atoms with Crippen LogP contribution < -0.4 is 5.56 Å². The van der Waals surface area contributed by atoms with Gasteiger partial charge in [0.05, 0.1) is 15.0 Å². The van der Waals surface area contributed by atoms with Crippen LogP contribution in [0.5, 0.6) is 0 Å². The molecule has 3 heterocycles. The van der Waals surface area contributed by atoms with Crippen LogP contribution in [0.4, 0.5) is 0 Å². The van der Waals surface area contributed by atoms with Crippen LogP contribution in [-0.2, 0) is 25.9 Å². The van der Waals surface area contributed by atoms with E-state index in [2.05, 4.69) is 49.9 Å². The van der Waals surface area contributed by atoms with E-state index in [4.69, 9.17) is 0 Å². The van der Waals surface area contributed by atoms with E-state index in [0.29, 0.717) is 6.54 Å². The van der Waals surface area contributed by atoms with Gasteiger partial charge >= 0.3 is 0 Å². The molecule has 0 saturated carbocycles. The third-order valence-electron chi connectivity index (χ3n) is 3.69. The highest BCUT2D eigenvalue weighted by atomic mass is 79.9. The van der Waals surface area contributed by atoms with E-state index in [-0.39, 0.29) is 5.56 Å².